The van der Waals surface area contributed by atoms with Crippen LogP contribution in [0.1, 0.15) is 52.7 Å². The van der Waals surface area contributed by atoms with Crippen LogP contribution in [0.15, 0.2) is 93.5 Å². The lowest BCUT2D eigenvalue weighted by atomic mass is 9.87. The smallest absolute Gasteiger partial charge is 0.250 e. The second-order valence-electron chi connectivity index (χ2n) is 9.72. The lowest BCUT2D eigenvalue weighted by Crippen LogP contribution is -2.15. The van der Waals surface area contributed by atoms with Crippen molar-refractivity contribution in [3.05, 3.63) is 100 Å². The Hall–Kier alpha value is -2.79. The standard InChI is InChI=1S/C26H31NO3S/c1-25(2,3)20-12-16-23(17-13-20)31(30-27(28)29,22-10-8-7-9-11-22)24-18-14-21(15-19-24)26(4,5)6/h7-19H,1-6H3. The molecule has 3 aromatic carbocycles. The molecule has 0 saturated heterocycles. The maximum absolute atomic E-state index is 11.8. The van der Waals surface area contributed by atoms with Gasteiger partial charge >= 0.3 is 5.09 Å². The van der Waals surface area contributed by atoms with Crippen molar-refractivity contribution in [1.82, 2.24) is 0 Å². The summed E-state index contributed by atoms with van der Waals surface area (Å²) in [7, 11) is -2.56. The van der Waals surface area contributed by atoms with Crippen molar-refractivity contribution in [2.45, 2.75) is 67.1 Å². The van der Waals surface area contributed by atoms with Gasteiger partial charge in [0.15, 0.2) is 0 Å². The van der Waals surface area contributed by atoms with Crippen molar-refractivity contribution in [1.29, 1.82) is 0 Å². The van der Waals surface area contributed by atoms with Gasteiger partial charge in [0.05, 0.1) is 0 Å². The highest BCUT2D eigenvalue weighted by Gasteiger charge is 2.36. The minimum absolute atomic E-state index is 0.0123. The summed E-state index contributed by atoms with van der Waals surface area (Å²) in [6.45, 7) is 12.9. The first-order valence-electron chi connectivity index (χ1n) is 10.4. The van der Waals surface area contributed by atoms with Crippen LogP contribution in [0.3, 0.4) is 0 Å². The molecule has 0 bridgehead atoms. The monoisotopic (exact) mass is 437 g/mol. The zero-order valence-corrected chi connectivity index (χ0v) is 19.9. The van der Waals surface area contributed by atoms with Gasteiger partial charge in [-0.3, -0.25) is 0 Å². The maximum atomic E-state index is 11.8. The minimum Gasteiger partial charge on any atom is -0.250 e. The Kier molecular flexibility index (Phi) is 6.19. The number of benzene rings is 3. The highest BCUT2D eigenvalue weighted by molar-refractivity contribution is 8.29. The van der Waals surface area contributed by atoms with Crippen molar-refractivity contribution in [3.63, 3.8) is 0 Å². The van der Waals surface area contributed by atoms with Gasteiger partial charge in [-0.05, 0) is 68.7 Å². The molecule has 0 radical (unpaired) electrons. The second-order valence-corrected chi connectivity index (χ2v) is 12.4. The van der Waals surface area contributed by atoms with E-state index in [-0.39, 0.29) is 10.8 Å². The van der Waals surface area contributed by atoms with Crippen molar-refractivity contribution in [2.24, 2.45) is 0 Å². The molecule has 4 nitrogen and oxygen atoms in total. The van der Waals surface area contributed by atoms with E-state index < -0.39 is 15.4 Å². The molecular weight excluding hydrogens is 406 g/mol. The van der Waals surface area contributed by atoms with E-state index in [1.807, 2.05) is 78.9 Å². The van der Waals surface area contributed by atoms with Crippen molar-refractivity contribution < 1.29 is 9.37 Å². The van der Waals surface area contributed by atoms with Crippen LogP contribution < -0.4 is 0 Å². The van der Waals surface area contributed by atoms with Crippen molar-refractivity contribution in [2.75, 3.05) is 0 Å². The van der Waals surface area contributed by atoms with Gasteiger partial charge in [-0.2, -0.15) is 0 Å². The number of hydrogen-bond donors (Lipinski definition) is 0. The van der Waals surface area contributed by atoms with E-state index in [1.54, 1.807) is 0 Å². The molecule has 0 aliphatic rings. The fourth-order valence-electron chi connectivity index (χ4n) is 3.53. The first-order valence-corrected chi connectivity index (χ1v) is 11.9. The lowest BCUT2D eigenvalue weighted by Gasteiger charge is -2.38. The summed E-state index contributed by atoms with van der Waals surface area (Å²) in [4.78, 5) is 14.2. The summed E-state index contributed by atoms with van der Waals surface area (Å²) in [5.41, 5.74) is 2.31. The molecule has 164 valence electrons. The third-order valence-electron chi connectivity index (χ3n) is 5.35. The van der Waals surface area contributed by atoms with E-state index in [0.717, 1.165) is 14.7 Å². The van der Waals surface area contributed by atoms with Crippen LogP contribution in [0, 0.1) is 10.1 Å². The first kappa shape index (κ1) is 22.9. The number of rotatable bonds is 5. The number of nitrogens with zero attached hydrogens (tertiary/aromatic N) is 1. The summed E-state index contributed by atoms with van der Waals surface area (Å²) in [5.74, 6) is 0. The van der Waals surface area contributed by atoms with Crippen LogP contribution in [0.4, 0.5) is 0 Å². The van der Waals surface area contributed by atoms with Crippen LogP contribution in [0.2, 0.25) is 0 Å². The normalized spacial score (nSPS) is 13.0. The molecule has 0 aliphatic carbocycles. The molecule has 0 amide bonds. The predicted molar refractivity (Wildman–Crippen MR) is 127 cm³/mol. The molecule has 3 rings (SSSR count). The van der Waals surface area contributed by atoms with Crippen LogP contribution in [0.5, 0.6) is 0 Å². The van der Waals surface area contributed by atoms with Gasteiger partial charge in [-0.25, -0.2) is 4.28 Å². The number of hydrogen-bond acceptors (Lipinski definition) is 3. The van der Waals surface area contributed by atoms with Gasteiger partial charge in [-0.1, -0.05) is 84.0 Å². The van der Waals surface area contributed by atoms with E-state index in [9.17, 15) is 10.1 Å². The second kappa shape index (κ2) is 8.39. The van der Waals surface area contributed by atoms with E-state index in [2.05, 4.69) is 41.5 Å². The molecule has 0 unspecified atom stereocenters. The lowest BCUT2D eigenvalue weighted by molar-refractivity contribution is -0.710. The third kappa shape index (κ3) is 4.77. The fourth-order valence-corrected chi connectivity index (χ4v) is 6.37. The highest BCUT2D eigenvalue weighted by atomic mass is 32.3. The summed E-state index contributed by atoms with van der Waals surface area (Å²) in [5, 5.41) is 11.1. The molecule has 0 N–H and O–H groups in total. The van der Waals surface area contributed by atoms with E-state index in [0.29, 0.717) is 0 Å². The molecule has 0 saturated carbocycles. The molecule has 0 spiro atoms. The van der Waals surface area contributed by atoms with Gasteiger partial charge < -0.3 is 0 Å². The average molecular weight is 438 g/mol. The largest absolute Gasteiger partial charge is 0.305 e. The van der Waals surface area contributed by atoms with Crippen LogP contribution >= 0.6 is 10.3 Å². The Morgan fingerprint density at radius 2 is 1.00 bits per heavy atom. The fraction of sp³-hybridized carbons (Fsp3) is 0.308. The van der Waals surface area contributed by atoms with Gasteiger partial charge in [0.1, 0.15) is 0 Å². The third-order valence-corrected chi connectivity index (χ3v) is 8.51. The Morgan fingerprint density at radius 3 is 1.32 bits per heavy atom. The summed E-state index contributed by atoms with van der Waals surface area (Å²) in [6, 6.07) is 25.6. The van der Waals surface area contributed by atoms with E-state index in [1.165, 1.54) is 11.1 Å². The molecule has 0 fully saturated rings. The van der Waals surface area contributed by atoms with Gasteiger partial charge in [0.2, 0.25) is 0 Å². The van der Waals surface area contributed by atoms with E-state index >= 15 is 0 Å². The Balaban J connectivity index is 2.27. The summed E-state index contributed by atoms with van der Waals surface area (Å²) >= 11 is 0. The molecule has 0 aromatic heterocycles. The molecule has 0 atom stereocenters. The Labute approximate surface area is 186 Å². The zero-order chi connectivity index (χ0) is 22.9. The maximum Gasteiger partial charge on any atom is 0.305 e. The Bertz CT molecular complexity index is 974. The van der Waals surface area contributed by atoms with Gasteiger partial charge in [-0.15, -0.1) is 10.1 Å². The van der Waals surface area contributed by atoms with Gasteiger partial charge in [0, 0.05) is 14.7 Å². The first-order chi connectivity index (χ1) is 14.4. The van der Waals surface area contributed by atoms with Crippen molar-refractivity contribution >= 4 is 10.3 Å². The summed E-state index contributed by atoms with van der Waals surface area (Å²) < 4.78 is 5.65. The topological polar surface area (TPSA) is 52.4 Å². The molecule has 5 heteroatoms. The van der Waals surface area contributed by atoms with E-state index in [4.69, 9.17) is 4.28 Å². The van der Waals surface area contributed by atoms with Crippen LogP contribution in [-0.4, -0.2) is 5.09 Å². The minimum atomic E-state index is -2.56. The van der Waals surface area contributed by atoms with Gasteiger partial charge in [0.25, 0.3) is 0 Å². The van der Waals surface area contributed by atoms with Crippen LogP contribution in [-0.2, 0) is 15.1 Å². The van der Waals surface area contributed by atoms with Crippen molar-refractivity contribution in [3.8, 4) is 0 Å². The molecule has 3 aromatic rings. The summed E-state index contributed by atoms with van der Waals surface area (Å²) in [6.07, 6.45) is 0. The molecule has 0 heterocycles. The quantitative estimate of drug-likeness (QED) is 0.304. The average Bonchev–Trinajstić information content (AvgIpc) is 2.71. The molecule has 0 aliphatic heterocycles. The zero-order valence-electron chi connectivity index (χ0n) is 19.1. The molecule has 31 heavy (non-hydrogen) atoms. The Morgan fingerprint density at radius 1 is 0.645 bits per heavy atom. The molecular formula is C26H31NO3S. The predicted octanol–water partition coefficient (Wildman–Crippen LogP) is 7.69. The SMILES string of the molecule is CC(C)(C)c1ccc(S(O[N+](=O)[O-])(c2ccccc2)c2ccc(C(C)(C)C)cc2)cc1. The van der Waals surface area contributed by atoms with Crippen LogP contribution in [0.25, 0.3) is 0 Å². The highest BCUT2D eigenvalue weighted by Crippen LogP contribution is 2.69.